The van der Waals surface area contributed by atoms with Crippen molar-refractivity contribution in [2.75, 3.05) is 5.32 Å². The molecule has 1 atom stereocenters. The van der Waals surface area contributed by atoms with E-state index in [-0.39, 0.29) is 6.04 Å². The number of aryl methyl sites for hydroxylation is 3. The average Bonchev–Trinajstić information content (AvgIpc) is 3.39. The molecule has 4 aromatic heterocycles. The number of hydrogen-bond donors (Lipinski definition) is 1. The second-order valence-electron chi connectivity index (χ2n) is 6.93. The van der Waals surface area contributed by atoms with Gasteiger partial charge in [0.25, 0.3) is 0 Å². The van der Waals surface area contributed by atoms with Crippen molar-refractivity contribution < 1.29 is 0 Å². The van der Waals surface area contributed by atoms with Crippen molar-refractivity contribution in [1.29, 1.82) is 0 Å². The van der Waals surface area contributed by atoms with Gasteiger partial charge in [-0.25, -0.2) is 0 Å². The summed E-state index contributed by atoms with van der Waals surface area (Å²) in [5.41, 5.74) is 3.91. The third kappa shape index (κ3) is 4.30. The second kappa shape index (κ2) is 7.92. The first-order valence-corrected chi connectivity index (χ1v) is 10.4. The summed E-state index contributed by atoms with van der Waals surface area (Å²) in [6.45, 7) is 8.57. The maximum absolute atomic E-state index is 6.15. The summed E-state index contributed by atoms with van der Waals surface area (Å²) in [5.74, 6) is 0.706. The molecule has 0 saturated carbocycles. The van der Waals surface area contributed by atoms with Crippen LogP contribution < -0.4 is 5.32 Å². The maximum Gasteiger partial charge on any atom is 0.211 e. The number of nitrogens with one attached hydrogen (secondary N) is 1. The Balaban J connectivity index is 1.44. The lowest BCUT2D eigenvalue weighted by Crippen LogP contribution is -2.10. The van der Waals surface area contributed by atoms with Crippen LogP contribution in [0.3, 0.4) is 0 Å². The first-order valence-electron chi connectivity index (χ1n) is 9.16. The van der Waals surface area contributed by atoms with Gasteiger partial charge in [0, 0.05) is 24.2 Å². The number of hydrogen-bond acceptors (Lipinski definition) is 7. The van der Waals surface area contributed by atoms with E-state index in [0.29, 0.717) is 22.5 Å². The predicted octanol–water partition coefficient (Wildman–Crippen LogP) is 4.31. The zero-order chi connectivity index (χ0) is 20.5. The van der Waals surface area contributed by atoms with Crippen LogP contribution in [0.1, 0.15) is 40.6 Å². The molecule has 0 aliphatic carbocycles. The topological polar surface area (TPSA) is 86.3 Å². The fourth-order valence-corrected chi connectivity index (χ4v) is 4.02. The van der Waals surface area contributed by atoms with Gasteiger partial charge in [0.05, 0.1) is 23.0 Å². The van der Waals surface area contributed by atoms with E-state index in [0.717, 1.165) is 27.7 Å². The van der Waals surface area contributed by atoms with Crippen molar-refractivity contribution in [2.45, 2.75) is 40.3 Å². The molecule has 0 fully saturated rings. The molecule has 0 amide bonds. The average molecular weight is 429 g/mol. The van der Waals surface area contributed by atoms with E-state index in [4.69, 9.17) is 11.6 Å². The minimum absolute atomic E-state index is 0.0214. The molecule has 1 N–H and O–H groups in total. The van der Waals surface area contributed by atoms with Gasteiger partial charge in [-0.2, -0.15) is 10.2 Å². The lowest BCUT2D eigenvalue weighted by molar-refractivity contribution is 0.540. The Labute approximate surface area is 177 Å². The van der Waals surface area contributed by atoms with E-state index in [9.17, 15) is 0 Å². The van der Waals surface area contributed by atoms with Gasteiger partial charge in [0.15, 0.2) is 5.82 Å². The van der Waals surface area contributed by atoms with Gasteiger partial charge in [-0.1, -0.05) is 22.9 Å². The number of rotatable bonds is 6. The highest BCUT2D eigenvalue weighted by Gasteiger charge is 2.17. The Kier molecular flexibility index (Phi) is 5.33. The van der Waals surface area contributed by atoms with Gasteiger partial charge in [-0.05, 0) is 45.4 Å². The summed E-state index contributed by atoms with van der Waals surface area (Å²) >= 11 is 7.65. The van der Waals surface area contributed by atoms with Crippen molar-refractivity contribution in [2.24, 2.45) is 0 Å². The van der Waals surface area contributed by atoms with Gasteiger partial charge < -0.3 is 5.32 Å². The van der Waals surface area contributed by atoms with Crippen molar-refractivity contribution >= 4 is 33.9 Å². The van der Waals surface area contributed by atoms with Crippen LogP contribution in [-0.4, -0.2) is 34.7 Å². The highest BCUT2D eigenvalue weighted by molar-refractivity contribution is 7.15. The summed E-state index contributed by atoms with van der Waals surface area (Å²) in [6, 6.07) is 5.89. The highest BCUT2D eigenvalue weighted by atomic mass is 35.5. The van der Waals surface area contributed by atoms with Gasteiger partial charge in [0.2, 0.25) is 5.13 Å². The van der Waals surface area contributed by atoms with Gasteiger partial charge in [-0.3, -0.25) is 14.3 Å². The third-order valence-corrected chi connectivity index (χ3v) is 5.90. The highest BCUT2D eigenvalue weighted by Crippen LogP contribution is 2.27. The van der Waals surface area contributed by atoms with Crippen molar-refractivity contribution in [3.8, 4) is 0 Å². The van der Waals surface area contributed by atoms with Crippen LogP contribution in [0, 0.1) is 20.8 Å². The first kappa shape index (κ1) is 19.5. The quantitative estimate of drug-likeness (QED) is 0.492. The molecule has 29 heavy (non-hydrogen) atoms. The Bertz CT molecular complexity index is 1150. The normalized spacial score (nSPS) is 12.3. The van der Waals surface area contributed by atoms with Gasteiger partial charge in [0.1, 0.15) is 11.0 Å². The molecule has 10 heteroatoms. The zero-order valence-corrected chi connectivity index (χ0v) is 18.2. The molecule has 0 aliphatic heterocycles. The SMILES string of the molecule is Cc1cc(C)n(C(C)c2nnc(Nc3ccn(Cc4cnc(C)c(Cl)c4)n3)s2)n1. The number of pyridine rings is 1. The van der Waals surface area contributed by atoms with E-state index in [1.165, 1.54) is 11.3 Å². The fraction of sp³-hybridized carbons (Fsp3) is 0.316. The molecule has 0 aliphatic rings. The number of aromatic nitrogens is 7. The maximum atomic E-state index is 6.15. The van der Waals surface area contributed by atoms with Gasteiger partial charge in [-0.15, -0.1) is 10.2 Å². The summed E-state index contributed by atoms with van der Waals surface area (Å²) in [5, 5.41) is 23.1. The van der Waals surface area contributed by atoms with E-state index in [2.05, 4.69) is 43.7 Å². The molecule has 1 unspecified atom stereocenters. The number of halogens is 1. The van der Waals surface area contributed by atoms with Crippen LogP contribution in [0.2, 0.25) is 5.02 Å². The molecule has 4 rings (SSSR count). The zero-order valence-electron chi connectivity index (χ0n) is 16.6. The molecular formula is C19H21ClN8S. The first-order chi connectivity index (χ1) is 13.9. The molecule has 0 aromatic carbocycles. The number of nitrogens with zero attached hydrogens (tertiary/aromatic N) is 7. The largest absolute Gasteiger partial charge is 0.313 e. The molecule has 8 nitrogen and oxygen atoms in total. The van der Waals surface area contributed by atoms with Crippen LogP contribution in [0.5, 0.6) is 0 Å². The van der Waals surface area contributed by atoms with E-state index in [1.807, 2.05) is 54.7 Å². The van der Waals surface area contributed by atoms with Crippen LogP contribution in [-0.2, 0) is 6.54 Å². The molecule has 0 spiro atoms. The summed E-state index contributed by atoms with van der Waals surface area (Å²) in [4.78, 5) is 4.29. The molecular weight excluding hydrogens is 408 g/mol. The molecule has 0 radical (unpaired) electrons. The summed E-state index contributed by atoms with van der Waals surface area (Å²) < 4.78 is 3.79. The monoisotopic (exact) mass is 428 g/mol. The minimum atomic E-state index is 0.0214. The lowest BCUT2D eigenvalue weighted by Gasteiger charge is -2.10. The van der Waals surface area contributed by atoms with Crippen molar-refractivity contribution in [3.05, 3.63) is 63.3 Å². The van der Waals surface area contributed by atoms with Crippen molar-refractivity contribution in [3.63, 3.8) is 0 Å². The Hall–Kier alpha value is -2.78. The van der Waals surface area contributed by atoms with Crippen LogP contribution >= 0.6 is 22.9 Å². The Morgan fingerprint density at radius 1 is 1.17 bits per heavy atom. The molecule has 0 bridgehead atoms. The Morgan fingerprint density at radius 3 is 2.72 bits per heavy atom. The van der Waals surface area contributed by atoms with Crippen LogP contribution in [0.25, 0.3) is 0 Å². The predicted molar refractivity (Wildman–Crippen MR) is 114 cm³/mol. The fourth-order valence-electron chi connectivity index (χ4n) is 3.04. The summed E-state index contributed by atoms with van der Waals surface area (Å²) in [6.07, 6.45) is 3.71. The minimum Gasteiger partial charge on any atom is -0.313 e. The lowest BCUT2D eigenvalue weighted by atomic mass is 10.2. The summed E-state index contributed by atoms with van der Waals surface area (Å²) in [7, 11) is 0. The molecule has 4 heterocycles. The second-order valence-corrected chi connectivity index (χ2v) is 8.34. The molecule has 150 valence electrons. The van der Waals surface area contributed by atoms with E-state index >= 15 is 0 Å². The smallest absolute Gasteiger partial charge is 0.211 e. The van der Waals surface area contributed by atoms with Crippen LogP contribution in [0.4, 0.5) is 10.9 Å². The van der Waals surface area contributed by atoms with Gasteiger partial charge >= 0.3 is 0 Å². The third-order valence-electron chi connectivity index (χ3n) is 4.51. The Morgan fingerprint density at radius 2 is 2.00 bits per heavy atom. The molecule has 0 saturated heterocycles. The number of anilines is 2. The van der Waals surface area contributed by atoms with E-state index < -0.39 is 0 Å². The van der Waals surface area contributed by atoms with Crippen LogP contribution in [0.15, 0.2) is 30.6 Å². The van der Waals surface area contributed by atoms with E-state index in [1.54, 1.807) is 0 Å². The standard InChI is InChI=1S/C19H21ClN8S/c1-11-7-12(2)28(25-11)14(4)18-23-24-19(29-18)22-17-5-6-27(26-17)10-15-8-16(20)13(3)21-9-15/h5-9,14H,10H2,1-4H3,(H,22,24,26). The van der Waals surface area contributed by atoms with Crippen molar-refractivity contribution in [1.82, 2.24) is 34.7 Å². The molecule has 4 aromatic rings.